The molecule has 12 heteroatoms. The molecule has 1 amide bonds. The fourth-order valence-corrected chi connectivity index (χ4v) is 10.5. The second-order valence-electron chi connectivity index (χ2n) is 21.6. The van der Waals surface area contributed by atoms with Gasteiger partial charge in [0, 0.05) is 26.0 Å². The standard InChI is InChI=1S/C29H60O4Si2.C16H33NO4Si/c1-21(18-17-19-30)26(32-34(13,14)28(6,7)8)22(2)20-23(3)27(24(4)25(5)31-12)33-35(15,16)29(9,10)11;1-11(13(3)18)14(12(2)15(19)17(7)20-8)21-22(9,10)16(4,5)6/h17-19,21-27H,20H2,1-16H3;11-12,14H,1-10H3/b18-17-;. The molecule has 9 nitrogen and oxygen atoms in total. The Morgan fingerprint density at radius 3 is 1.33 bits per heavy atom. The number of nitrogens with zero attached hydrogens (tertiary/aromatic N) is 1. The van der Waals surface area contributed by atoms with Crippen LogP contribution in [0.15, 0.2) is 12.2 Å². The zero-order chi connectivity index (χ0) is 45.9. The third-order valence-electron chi connectivity index (χ3n) is 13.8. The second kappa shape index (κ2) is 23.3. The Balaban J connectivity index is 0. The topological polar surface area (TPSA) is 101 Å². The largest absolute Gasteiger partial charge is 0.413 e. The van der Waals surface area contributed by atoms with Crippen LogP contribution in [-0.4, -0.2) is 93.7 Å². The van der Waals surface area contributed by atoms with Gasteiger partial charge in [0.15, 0.2) is 25.0 Å². The van der Waals surface area contributed by atoms with Gasteiger partial charge in [0.2, 0.25) is 0 Å². The lowest BCUT2D eigenvalue weighted by atomic mass is 9.81. The molecule has 0 aromatic rings. The Hall–Kier alpha value is -0.999. The Labute approximate surface area is 355 Å². The summed E-state index contributed by atoms with van der Waals surface area (Å²) in [6.07, 6.45) is 5.34. The number of allylic oxidation sites excluding steroid dienone is 1. The Kier molecular flexibility index (Phi) is 23.7. The SMILES string of the molecule is COC(C)C(C)C(O[Si](C)(C)C(C)(C)C)C(C)CC(C)C(O[Si](C)(C)C(C)(C)C)C(C)/C=C\C=O.CON(C)C(=O)C(C)C(O[Si](C)(C)C(C)(C)C)C(C)C(C)=O. The Morgan fingerprint density at radius 2 is 1.00 bits per heavy atom. The number of aldehydes is 1. The van der Waals surface area contributed by atoms with E-state index in [4.69, 9.17) is 22.9 Å². The van der Waals surface area contributed by atoms with Crippen molar-refractivity contribution in [3.8, 4) is 0 Å². The zero-order valence-electron chi connectivity index (χ0n) is 41.9. The highest BCUT2D eigenvalue weighted by atomic mass is 28.4. The number of hydrogen-bond donors (Lipinski definition) is 0. The summed E-state index contributed by atoms with van der Waals surface area (Å²) in [6.45, 7) is 50.2. The minimum Gasteiger partial charge on any atom is -0.413 e. The number of methoxy groups -OCH3 is 1. The van der Waals surface area contributed by atoms with E-state index >= 15 is 0 Å². The monoisotopic (exact) mass is 860 g/mol. The molecule has 0 bridgehead atoms. The molecule has 10 unspecified atom stereocenters. The van der Waals surface area contributed by atoms with E-state index in [1.54, 1.807) is 34.1 Å². The summed E-state index contributed by atoms with van der Waals surface area (Å²) in [6, 6.07) is 0. The summed E-state index contributed by atoms with van der Waals surface area (Å²) in [5.41, 5.74) is 0. The number of rotatable bonds is 21. The van der Waals surface area contributed by atoms with Crippen LogP contribution in [0.3, 0.4) is 0 Å². The van der Waals surface area contributed by atoms with Gasteiger partial charge < -0.3 is 18.0 Å². The van der Waals surface area contributed by atoms with Gasteiger partial charge in [-0.1, -0.05) is 110 Å². The Bertz CT molecular complexity index is 1250. The van der Waals surface area contributed by atoms with Gasteiger partial charge in [-0.3, -0.25) is 19.2 Å². The number of carbonyl (C=O) groups excluding carboxylic acids is 3. The van der Waals surface area contributed by atoms with Gasteiger partial charge in [-0.15, -0.1) is 0 Å². The fourth-order valence-electron chi connectivity index (χ4n) is 6.09. The highest BCUT2D eigenvalue weighted by molar-refractivity contribution is 6.75. The molecule has 0 N–H and O–H groups in total. The lowest BCUT2D eigenvalue weighted by Gasteiger charge is -2.45. The molecule has 0 radical (unpaired) electrons. The van der Waals surface area contributed by atoms with Crippen LogP contribution < -0.4 is 0 Å². The van der Waals surface area contributed by atoms with E-state index in [2.05, 4.69) is 136 Å². The second-order valence-corrected chi connectivity index (χ2v) is 35.9. The molecule has 0 aromatic carbocycles. The van der Waals surface area contributed by atoms with Gasteiger partial charge in [-0.2, -0.15) is 0 Å². The molecule has 0 aliphatic rings. The van der Waals surface area contributed by atoms with Crippen LogP contribution in [0, 0.1) is 35.5 Å². The van der Waals surface area contributed by atoms with Crippen molar-refractivity contribution < 1.29 is 37.2 Å². The number of hydrogen-bond acceptors (Lipinski definition) is 8. The zero-order valence-corrected chi connectivity index (χ0v) is 44.9. The fraction of sp³-hybridized carbons (Fsp3) is 0.889. The van der Waals surface area contributed by atoms with Gasteiger partial charge in [-0.25, -0.2) is 5.06 Å². The van der Waals surface area contributed by atoms with Gasteiger partial charge in [0.25, 0.3) is 5.91 Å². The van der Waals surface area contributed by atoms with E-state index < -0.39 is 37.0 Å². The smallest absolute Gasteiger partial charge is 0.251 e. The minimum atomic E-state index is -2.09. The first-order valence-electron chi connectivity index (χ1n) is 21.4. The molecular weight excluding hydrogens is 767 g/mol. The normalized spacial score (nSPS) is 18.9. The summed E-state index contributed by atoms with van der Waals surface area (Å²) in [5.74, 6) is 0.176. The van der Waals surface area contributed by atoms with Gasteiger partial charge in [-0.05, 0) is 98.5 Å². The van der Waals surface area contributed by atoms with Crippen LogP contribution >= 0.6 is 0 Å². The van der Waals surface area contributed by atoms with E-state index in [9.17, 15) is 14.4 Å². The van der Waals surface area contributed by atoms with Crippen LogP contribution in [0.1, 0.15) is 124 Å². The highest BCUT2D eigenvalue weighted by Gasteiger charge is 2.46. The van der Waals surface area contributed by atoms with Crippen molar-refractivity contribution in [2.75, 3.05) is 21.3 Å². The van der Waals surface area contributed by atoms with E-state index in [-0.39, 0.29) is 62.9 Å². The summed E-state index contributed by atoms with van der Waals surface area (Å²) in [5, 5.41) is 1.48. The van der Waals surface area contributed by atoms with Crippen molar-refractivity contribution in [1.29, 1.82) is 0 Å². The van der Waals surface area contributed by atoms with Crippen LogP contribution in [0.2, 0.25) is 54.4 Å². The highest BCUT2D eigenvalue weighted by Crippen LogP contribution is 2.43. The van der Waals surface area contributed by atoms with Crippen LogP contribution in [0.5, 0.6) is 0 Å². The predicted molar refractivity (Wildman–Crippen MR) is 248 cm³/mol. The van der Waals surface area contributed by atoms with Crippen LogP contribution in [0.4, 0.5) is 0 Å². The molecule has 0 saturated carbocycles. The third-order valence-corrected chi connectivity index (χ3v) is 27.2. The molecular formula is C45H93NO8Si3. The first kappa shape index (κ1) is 58.1. The molecule has 0 rings (SSSR count). The number of ketones is 1. The lowest BCUT2D eigenvalue weighted by molar-refractivity contribution is -0.177. The molecule has 10 atom stereocenters. The number of ether oxygens (including phenoxy) is 1. The first-order chi connectivity index (χ1) is 25.4. The average molecular weight is 860 g/mol. The van der Waals surface area contributed by atoms with Crippen molar-refractivity contribution in [1.82, 2.24) is 5.06 Å². The summed E-state index contributed by atoms with van der Waals surface area (Å²) in [7, 11) is -1.23. The molecule has 0 aliphatic heterocycles. The maximum Gasteiger partial charge on any atom is 0.251 e. The quantitative estimate of drug-likeness (QED) is 0.0487. The van der Waals surface area contributed by atoms with Gasteiger partial charge in [0.05, 0.1) is 37.4 Å². The van der Waals surface area contributed by atoms with Gasteiger partial charge >= 0.3 is 0 Å². The van der Waals surface area contributed by atoms with E-state index in [1.807, 2.05) is 13.0 Å². The lowest BCUT2D eigenvalue weighted by Crippen LogP contribution is -2.51. The van der Waals surface area contributed by atoms with E-state index in [1.165, 1.54) is 12.2 Å². The first-order valence-corrected chi connectivity index (χ1v) is 30.1. The predicted octanol–water partition coefficient (Wildman–Crippen LogP) is 11.7. The summed E-state index contributed by atoms with van der Waals surface area (Å²) < 4.78 is 26.3. The molecule has 338 valence electrons. The number of carbonyl (C=O) groups is 3. The van der Waals surface area contributed by atoms with Crippen molar-refractivity contribution in [3.63, 3.8) is 0 Å². The maximum atomic E-state index is 12.4. The van der Waals surface area contributed by atoms with Crippen LogP contribution in [-0.2, 0) is 37.2 Å². The van der Waals surface area contributed by atoms with Crippen molar-refractivity contribution >= 4 is 42.9 Å². The number of amides is 1. The molecule has 0 saturated heterocycles. The van der Waals surface area contributed by atoms with Crippen molar-refractivity contribution in [3.05, 3.63) is 12.2 Å². The molecule has 0 aliphatic carbocycles. The maximum absolute atomic E-state index is 12.4. The molecule has 0 aromatic heterocycles. The van der Waals surface area contributed by atoms with E-state index in [0.717, 1.165) is 12.7 Å². The third kappa shape index (κ3) is 17.9. The molecule has 0 fully saturated rings. The summed E-state index contributed by atoms with van der Waals surface area (Å²) in [4.78, 5) is 40.3. The number of Topliss-reactive ketones (excluding diaryl/α,β-unsaturated/α-hetero) is 1. The minimum absolute atomic E-state index is 0.0116. The summed E-state index contributed by atoms with van der Waals surface area (Å²) >= 11 is 0. The van der Waals surface area contributed by atoms with Crippen molar-refractivity contribution in [2.45, 2.75) is 203 Å². The van der Waals surface area contributed by atoms with E-state index in [0.29, 0.717) is 11.8 Å². The number of hydroxylamine groups is 2. The van der Waals surface area contributed by atoms with Gasteiger partial charge in [0.1, 0.15) is 12.1 Å². The molecule has 0 spiro atoms. The van der Waals surface area contributed by atoms with Crippen LogP contribution in [0.25, 0.3) is 0 Å². The molecule has 57 heavy (non-hydrogen) atoms. The average Bonchev–Trinajstić information content (AvgIpc) is 3.07. The Morgan fingerprint density at radius 1 is 0.632 bits per heavy atom. The molecule has 0 heterocycles. The van der Waals surface area contributed by atoms with Crippen molar-refractivity contribution in [2.24, 2.45) is 35.5 Å².